The minimum absolute atomic E-state index is 0.187. The summed E-state index contributed by atoms with van der Waals surface area (Å²) in [5.74, 6) is -0.442. The van der Waals surface area contributed by atoms with Crippen molar-refractivity contribution in [3.05, 3.63) is 65.7 Å². The number of halogens is 3. The number of hydrogen-bond donors (Lipinski definition) is 0. The number of alkyl halides is 3. The molecule has 0 spiro atoms. The van der Waals surface area contributed by atoms with Crippen LogP contribution in [-0.2, 0) is 27.5 Å². The Bertz CT molecular complexity index is 1010. The number of anilines is 1. The van der Waals surface area contributed by atoms with Gasteiger partial charge in [-0.3, -0.25) is 14.0 Å². The van der Waals surface area contributed by atoms with Gasteiger partial charge < -0.3 is 4.90 Å². The van der Waals surface area contributed by atoms with Gasteiger partial charge >= 0.3 is 6.18 Å². The molecule has 0 radical (unpaired) electrons. The Labute approximate surface area is 179 Å². The van der Waals surface area contributed by atoms with Crippen molar-refractivity contribution in [2.75, 3.05) is 43.3 Å². The van der Waals surface area contributed by atoms with Crippen LogP contribution >= 0.6 is 0 Å². The summed E-state index contributed by atoms with van der Waals surface area (Å²) in [5.41, 5.74) is 0.00379. The molecule has 0 aromatic heterocycles. The van der Waals surface area contributed by atoms with Crippen LogP contribution in [0, 0.1) is 0 Å². The third kappa shape index (κ3) is 6.20. The van der Waals surface area contributed by atoms with Crippen molar-refractivity contribution in [3.63, 3.8) is 0 Å². The van der Waals surface area contributed by atoms with E-state index in [0.29, 0.717) is 26.2 Å². The summed E-state index contributed by atoms with van der Waals surface area (Å²) >= 11 is 0. The first-order valence-electron chi connectivity index (χ1n) is 9.73. The van der Waals surface area contributed by atoms with Gasteiger partial charge in [0.25, 0.3) is 0 Å². The first-order chi connectivity index (χ1) is 14.5. The van der Waals surface area contributed by atoms with Gasteiger partial charge in [-0.25, -0.2) is 8.42 Å². The topological polar surface area (TPSA) is 60.9 Å². The summed E-state index contributed by atoms with van der Waals surface area (Å²) in [6.45, 7) is 2.31. The van der Waals surface area contributed by atoms with Crippen molar-refractivity contribution in [2.45, 2.75) is 12.7 Å². The summed E-state index contributed by atoms with van der Waals surface area (Å²) in [7, 11) is -3.96. The van der Waals surface area contributed by atoms with Gasteiger partial charge in [-0.1, -0.05) is 36.4 Å². The van der Waals surface area contributed by atoms with Crippen LogP contribution in [0.25, 0.3) is 0 Å². The van der Waals surface area contributed by atoms with Crippen molar-refractivity contribution in [1.82, 2.24) is 9.80 Å². The molecule has 31 heavy (non-hydrogen) atoms. The number of rotatable bonds is 6. The summed E-state index contributed by atoms with van der Waals surface area (Å²) in [6.07, 6.45) is -3.74. The van der Waals surface area contributed by atoms with E-state index in [0.717, 1.165) is 40.9 Å². The van der Waals surface area contributed by atoms with Gasteiger partial charge in [0, 0.05) is 32.7 Å². The molecule has 0 N–H and O–H groups in total. The number of amides is 1. The summed E-state index contributed by atoms with van der Waals surface area (Å²) in [4.78, 5) is 16.5. The summed E-state index contributed by atoms with van der Waals surface area (Å²) in [5, 5.41) is 0. The van der Waals surface area contributed by atoms with Crippen LogP contribution in [0.5, 0.6) is 0 Å². The van der Waals surface area contributed by atoms with Crippen LogP contribution in [0.15, 0.2) is 54.6 Å². The van der Waals surface area contributed by atoms with Gasteiger partial charge in [-0.2, -0.15) is 13.2 Å². The lowest BCUT2D eigenvalue weighted by Gasteiger charge is -2.36. The molecule has 1 aliphatic rings. The Kier molecular flexibility index (Phi) is 6.90. The molecule has 6 nitrogen and oxygen atoms in total. The normalized spacial score (nSPS) is 15.7. The second-order valence-corrected chi connectivity index (χ2v) is 9.37. The summed E-state index contributed by atoms with van der Waals surface area (Å²) < 4.78 is 64.3. The van der Waals surface area contributed by atoms with Crippen LogP contribution in [0.1, 0.15) is 11.1 Å². The zero-order chi connectivity index (χ0) is 22.6. The third-order valence-electron chi connectivity index (χ3n) is 5.11. The van der Waals surface area contributed by atoms with Crippen LogP contribution in [0.3, 0.4) is 0 Å². The van der Waals surface area contributed by atoms with E-state index in [1.54, 1.807) is 4.90 Å². The number of carbonyl (C=O) groups excluding carboxylic acids is 1. The maximum Gasteiger partial charge on any atom is 0.416 e. The van der Waals surface area contributed by atoms with E-state index in [2.05, 4.69) is 4.90 Å². The lowest BCUT2D eigenvalue weighted by molar-refractivity contribution is -0.137. The fourth-order valence-corrected chi connectivity index (χ4v) is 4.30. The lowest BCUT2D eigenvalue weighted by atomic mass is 10.2. The number of nitrogens with zero attached hydrogens (tertiary/aromatic N) is 3. The molecule has 1 amide bonds. The Morgan fingerprint density at radius 1 is 1.00 bits per heavy atom. The van der Waals surface area contributed by atoms with Crippen LogP contribution in [0.2, 0.25) is 0 Å². The standard InChI is InChI=1S/C21H24F3N3O3S/c1-31(29,30)27(19-9-5-8-18(14-19)21(22,23)24)16-20(28)26-12-10-25(11-13-26)15-17-6-3-2-4-7-17/h2-9,14H,10-13,15-16H2,1H3. The predicted octanol–water partition coefficient (Wildman–Crippen LogP) is 2.82. The molecule has 1 fully saturated rings. The number of benzene rings is 2. The summed E-state index contributed by atoms with van der Waals surface area (Å²) in [6, 6.07) is 13.9. The van der Waals surface area contributed by atoms with Gasteiger partial charge in [0.1, 0.15) is 6.54 Å². The fourth-order valence-electron chi connectivity index (χ4n) is 3.46. The van der Waals surface area contributed by atoms with Crippen LogP contribution < -0.4 is 4.31 Å². The Morgan fingerprint density at radius 3 is 2.23 bits per heavy atom. The van der Waals surface area contributed by atoms with Crippen LogP contribution in [-0.4, -0.2) is 63.1 Å². The predicted molar refractivity (Wildman–Crippen MR) is 112 cm³/mol. The maximum absolute atomic E-state index is 13.0. The molecule has 1 heterocycles. The van der Waals surface area contributed by atoms with Gasteiger partial charge in [0.2, 0.25) is 15.9 Å². The first-order valence-corrected chi connectivity index (χ1v) is 11.6. The number of carbonyl (C=O) groups is 1. The second kappa shape index (κ2) is 9.27. The Balaban J connectivity index is 1.66. The molecular formula is C21H24F3N3O3S. The monoisotopic (exact) mass is 455 g/mol. The molecule has 0 bridgehead atoms. The number of piperazine rings is 1. The fraction of sp³-hybridized carbons (Fsp3) is 0.381. The highest BCUT2D eigenvalue weighted by Crippen LogP contribution is 2.32. The quantitative estimate of drug-likeness (QED) is 0.672. The molecule has 1 aliphatic heterocycles. The SMILES string of the molecule is CS(=O)(=O)N(CC(=O)N1CCN(Cc2ccccc2)CC1)c1cccc(C(F)(F)F)c1. The van der Waals surface area contributed by atoms with E-state index in [-0.39, 0.29) is 5.69 Å². The van der Waals surface area contributed by atoms with E-state index in [9.17, 15) is 26.4 Å². The van der Waals surface area contributed by atoms with E-state index < -0.39 is 34.2 Å². The zero-order valence-electron chi connectivity index (χ0n) is 17.0. The smallest absolute Gasteiger partial charge is 0.339 e. The first kappa shape index (κ1) is 23.1. The van der Waals surface area contributed by atoms with Crippen molar-refractivity contribution < 1.29 is 26.4 Å². The maximum atomic E-state index is 13.0. The number of hydrogen-bond acceptors (Lipinski definition) is 4. The molecule has 168 valence electrons. The highest BCUT2D eigenvalue weighted by Gasteiger charge is 2.32. The second-order valence-electron chi connectivity index (χ2n) is 7.46. The number of sulfonamides is 1. The molecule has 0 unspecified atom stereocenters. The molecule has 10 heteroatoms. The Hall–Kier alpha value is -2.59. The molecule has 3 rings (SSSR count). The average molecular weight is 456 g/mol. The van der Waals surface area contributed by atoms with Crippen molar-refractivity contribution in [2.24, 2.45) is 0 Å². The van der Waals surface area contributed by atoms with Gasteiger partial charge in [0.05, 0.1) is 17.5 Å². The minimum atomic E-state index is -4.61. The Morgan fingerprint density at radius 2 is 1.65 bits per heavy atom. The van der Waals surface area contributed by atoms with Gasteiger partial charge in [-0.15, -0.1) is 0 Å². The van der Waals surface area contributed by atoms with Crippen molar-refractivity contribution >= 4 is 21.6 Å². The molecule has 0 saturated carbocycles. The van der Waals surface area contributed by atoms with E-state index >= 15 is 0 Å². The minimum Gasteiger partial charge on any atom is -0.339 e. The van der Waals surface area contributed by atoms with Crippen molar-refractivity contribution in [3.8, 4) is 0 Å². The van der Waals surface area contributed by atoms with E-state index in [1.165, 1.54) is 6.07 Å². The van der Waals surface area contributed by atoms with Crippen LogP contribution in [0.4, 0.5) is 18.9 Å². The van der Waals surface area contributed by atoms with Gasteiger partial charge in [0.15, 0.2) is 0 Å². The third-order valence-corrected chi connectivity index (χ3v) is 6.26. The lowest BCUT2D eigenvalue weighted by Crippen LogP contribution is -2.51. The van der Waals surface area contributed by atoms with Crippen molar-refractivity contribution in [1.29, 1.82) is 0 Å². The highest BCUT2D eigenvalue weighted by molar-refractivity contribution is 7.92. The van der Waals surface area contributed by atoms with Gasteiger partial charge in [-0.05, 0) is 23.8 Å². The highest BCUT2D eigenvalue weighted by atomic mass is 32.2. The average Bonchev–Trinajstić information content (AvgIpc) is 2.72. The van der Waals surface area contributed by atoms with E-state index in [4.69, 9.17) is 0 Å². The molecule has 2 aromatic carbocycles. The molecule has 2 aromatic rings. The molecule has 0 atom stereocenters. The van der Waals surface area contributed by atoms with E-state index in [1.807, 2.05) is 30.3 Å². The molecule has 0 aliphatic carbocycles. The zero-order valence-corrected chi connectivity index (χ0v) is 17.9. The molecular weight excluding hydrogens is 431 g/mol. The largest absolute Gasteiger partial charge is 0.416 e. The molecule has 1 saturated heterocycles.